The summed E-state index contributed by atoms with van der Waals surface area (Å²) < 4.78 is 7.30. The summed E-state index contributed by atoms with van der Waals surface area (Å²) in [5.41, 5.74) is 7.57. The fraction of sp³-hybridized carbons (Fsp3) is 0.0645. The number of fused-ring (bicyclic) bond motifs is 6. The van der Waals surface area contributed by atoms with Crippen LogP contribution in [0.3, 0.4) is 0 Å². The number of hydrogen-bond donors (Lipinski definition) is 0. The van der Waals surface area contributed by atoms with Gasteiger partial charge in [-0.25, -0.2) is 4.57 Å². The maximum absolute atomic E-state index is 2.40. The van der Waals surface area contributed by atoms with E-state index in [0.29, 0.717) is 0 Å². The van der Waals surface area contributed by atoms with Crippen LogP contribution >= 0.6 is 11.3 Å². The maximum atomic E-state index is 2.40. The Morgan fingerprint density at radius 3 is 2.09 bits per heavy atom. The highest BCUT2D eigenvalue weighted by molar-refractivity contribution is 7.25. The van der Waals surface area contributed by atoms with Gasteiger partial charge in [0.2, 0.25) is 5.69 Å². The van der Waals surface area contributed by atoms with Gasteiger partial charge < -0.3 is 4.57 Å². The molecular weight excluding hydrogens is 432 g/mol. The largest absolute Gasteiger partial charge is 0.309 e. The normalized spacial score (nSPS) is 11.8. The van der Waals surface area contributed by atoms with Crippen molar-refractivity contribution in [3.63, 3.8) is 0 Å². The minimum Gasteiger partial charge on any atom is -0.309 e. The second-order valence-electron chi connectivity index (χ2n) is 8.98. The number of aromatic nitrogens is 2. The number of rotatable bonds is 2. The van der Waals surface area contributed by atoms with Gasteiger partial charge in [-0.2, -0.15) is 0 Å². The third-order valence-electron chi connectivity index (χ3n) is 6.98. The Hall–Kier alpha value is -3.95. The Labute approximate surface area is 201 Å². The minimum absolute atomic E-state index is 1.21. The van der Waals surface area contributed by atoms with Gasteiger partial charge in [-0.3, -0.25) is 0 Å². The van der Waals surface area contributed by atoms with Crippen LogP contribution < -0.4 is 4.57 Å². The first-order valence-corrected chi connectivity index (χ1v) is 12.4. The summed E-state index contributed by atoms with van der Waals surface area (Å²) >= 11 is 1.88. The molecular formula is C31H23N2S+. The maximum Gasteiger partial charge on any atom is 0.221 e. The Balaban J connectivity index is 1.54. The van der Waals surface area contributed by atoms with Gasteiger partial charge >= 0.3 is 0 Å². The summed E-state index contributed by atoms with van der Waals surface area (Å²) in [5, 5.41) is 5.25. The number of benzene rings is 4. The average Bonchev–Trinajstić information content (AvgIpc) is 3.40. The van der Waals surface area contributed by atoms with Crippen molar-refractivity contribution in [3.8, 4) is 16.9 Å². The number of thiophene rings is 1. The Morgan fingerprint density at radius 2 is 1.35 bits per heavy atom. The van der Waals surface area contributed by atoms with Crippen LogP contribution in [0.15, 0.2) is 103 Å². The second kappa shape index (κ2) is 7.28. The molecule has 7 aromatic rings. The monoisotopic (exact) mass is 455 g/mol. The molecule has 3 heteroatoms. The minimum atomic E-state index is 1.21. The molecule has 0 fully saturated rings. The highest BCUT2D eigenvalue weighted by atomic mass is 32.1. The number of para-hydroxylation sites is 2. The molecule has 3 heterocycles. The molecule has 34 heavy (non-hydrogen) atoms. The lowest BCUT2D eigenvalue weighted by molar-refractivity contribution is -0.659. The van der Waals surface area contributed by atoms with Crippen LogP contribution in [0.2, 0.25) is 0 Å². The molecule has 0 atom stereocenters. The average molecular weight is 456 g/mol. The number of aryl methyl sites for hydroxylation is 2. The van der Waals surface area contributed by atoms with E-state index in [9.17, 15) is 0 Å². The van der Waals surface area contributed by atoms with E-state index in [-0.39, 0.29) is 0 Å². The lowest BCUT2D eigenvalue weighted by Gasteiger charge is -2.08. The molecule has 0 aliphatic heterocycles. The Morgan fingerprint density at radius 1 is 0.676 bits per heavy atom. The van der Waals surface area contributed by atoms with Gasteiger partial charge in [-0.1, -0.05) is 60.7 Å². The van der Waals surface area contributed by atoms with Crippen molar-refractivity contribution in [2.24, 2.45) is 7.05 Å². The standard InChI is InChI=1S/C31H23N2S/c1-20-9-3-4-10-22(20)31-30-25-16-15-21(19-29(25)34-28(30)17-18-32(31)2)33-26-13-7-5-11-23(26)24-12-6-8-14-27(24)33/h3-19H,1-2H3/q+1. The van der Waals surface area contributed by atoms with Crippen LogP contribution in [-0.4, -0.2) is 4.57 Å². The molecule has 0 N–H and O–H groups in total. The molecule has 7 rings (SSSR count). The lowest BCUT2D eigenvalue weighted by atomic mass is 10.0. The predicted octanol–water partition coefficient (Wildman–Crippen LogP) is 7.95. The van der Waals surface area contributed by atoms with E-state index in [4.69, 9.17) is 0 Å². The van der Waals surface area contributed by atoms with Crippen LogP contribution in [0.4, 0.5) is 0 Å². The van der Waals surface area contributed by atoms with Crippen molar-refractivity contribution in [1.82, 2.24) is 4.57 Å². The molecule has 0 aliphatic carbocycles. The fourth-order valence-corrected chi connectivity index (χ4v) is 6.53. The van der Waals surface area contributed by atoms with Crippen molar-refractivity contribution in [2.45, 2.75) is 6.92 Å². The number of pyridine rings is 1. The molecule has 3 aromatic heterocycles. The molecule has 0 aliphatic rings. The van der Waals surface area contributed by atoms with Gasteiger partial charge in [-0.15, -0.1) is 11.3 Å². The summed E-state index contributed by atoms with van der Waals surface area (Å²) in [4.78, 5) is 0. The third kappa shape index (κ3) is 2.71. The lowest BCUT2D eigenvalue weighted by Crippen LogP contribution is -2.30. The molecule has 0 radical (unpaired) electrons. The molecule has 0 bridgehead atoms. The molecule has 0 saturated heterocycles. The van der Waals surface area contributed by atoms with E-state index in [1.165, 1.54) is 64.5 Å². The molecule has 0 amide bonds. The Kier molecular flexibility index (Phi) is 4.18. The van der Waals surface area contributed by atoms with E-state index < -0.39 is 0 Å². The van der Waals surface area contributed by atoms with Gasteiger partial charge in [0.1, 0.15) is 7.05 Å². The van der Waals surface area contributed by atoms with Gasteiger partial charge in [0, 0.05) is 42.9 Å². The highest BCUT2D eigenvalue weighted by Gasteiger charge is 2.21. The first-order chi connectivity index (χ1) is 16.7. The fourth-order valence-electron chi connectivity index (χ4n) is 5.40. The summed E-state index contributed by atoms with van der Waals surface area (Å²) in [7, 11) is 2.15. The van der Waals surface area contributed by atoms with Gasteiger partial charge in [0.05, 0.1) is 16.4 Å². The second-order valence-corrected chi connectivity index (χ2v) is 10.1. The first-order valence-electron chi connectivity index (χ1n) is 11.6. The predicted molar refractivity (Wildman–Crippen MR) is 145 cm³/mol. The molecule has 162 valence electrons. The first kappa shape index (κ1) is 19.5. The van der Waals surface area contributed by atoms with Crippen molar-refractivity contribution < 1.29 is 4.57 Å². The van der Waals surface area contributed by atoms with Crippen molar-refractivity contribution in [3.05, 3.63) is 109 Å². The van der Waals surface area contributed by atoms with Gasteiger partial charge in [-0.05, 0) is 42.8 Å². The summed E-state index contributed by atoms with van der Waals surface area (Å²) in [6.45, 7) is 2.20. The van der Waals surface area contributed by atoms with E-state index >= 15 is 0 Å². The Bertz CT molecular complexity index is 1830. The van der Waals surface area contributed by atoms with Crippen molar-refractivity contribution in [1.29, 1.82) is 0 Å². The van der Waals surface area contributed by atoms with Crippen molar-refractivity contribution >= 4 is 53.3 Å². The zero-order valence-corrected chi connectivity index (χ0v) is 19.9. The van der Waals surface area contributed by atoms with Crippen LogP contribution in [0.1, 0.15) is 5.56 Å². The van der Waals surface area contributed by atoms with Gasteiger partial charge in [0.25, 0.3) is 0 Å². The van der Waals surface area contributed by atoms with Crippen LogP contribution in [-0.2, 0) is 7.05 Å². The smallest absolute Gasteiger partial charge is 0.221 e. The SMILES string of the molecule is Cc1ccccc1-c1c2c(cc[n+]1C)sc1cc(-n3c4ccccc4c4ccccc43)ccc12. The van der Waals surface area contributed by atoms with Crippen LogP contribution in [0.25, 0.3) is 58.9 Å². The zero-order chi connectivity index (χ0) is 22.8. The summed E-state index contributed by atoms with van der Waals surface area (Å²) in [5.74, 6) is 0. The van der Waals surface area contributed by atoms with Crippen LogP contribution in [0, 0.1) is 6.92 Å². The highest BCUT2D eigenvalue weighted by Crippen LogP contribution is 2.40. The quantitative estimate of drug-likeness (QED) is 0.234. The van der Waals surface area contributed by atoms with E-state index in [0.717, 1.165) is 0 Å². The zero-order valence-electron chi connectivity index (χ0n) is 19.1. The topological polar surface area (TPSA) is 8.81 Å². The summed E-state index contributed by atoms with van der Waals surface area (Å²) in [6.07, 6.45) is 2.19. The molecule has 0 unspecified atom stereocenters. The molecule has 0 spiro atoms. The van der Waals surface area contributed by atoms with Crippen LogP contribution in [0.5, 0.6) is 0 Å². The van der Waals surface area contributed by atoms with E-state index in [1.807, 2.05) is 11.3 Å². The van der Waals surface area contributed by atoms with E-state index in [1.54, 1.807) is 0 Å². The molecule has 2 nitrogen and oxygen atoms in total. The van der Waals surface area contributed by atoms with Crippen molar-refractivity contribution in [2.75, 3.05) is 0 Å². The third-order valence-corrected chi connectivity index (χ3v) is 8.10. The number of nitrogens with zero attached hydrogens (tertiary/aromatic N) is 2. The summed E-state index contributed by atoms with van der Waals surface area (Å²) in [6, 6.07) is 35.3. The molecule has 4 aromatic carbocycles. The molecule has 0 saturated carbocycles. The number of hydrogen-bond acceptors (Lipinski definition) is 1. The van der Waals surface area contributed by atoms with E-state index in [2.05, 4.69) is 126 Å². The van der Waals surface area contributed by atoms with Gasteiger partial charge in [0.15, 0.2) is 6.20 Å².